The average molecular weight is 334 g/mol. The molecule has 0 radical (unpaired) electrons. The molecular weight excluding hydrogens is 307 g/mol. The molecule has 0 spiro atoms. The predicted molar refractivity (Wildman–Crippen MR) is 91.4 cm³/mol. The monoisotopic (exact) mass is 334 g/mol. The van der Waals surface area contributed by atoms with Crippen LogP contribution in [0, 0.1) is 11.2 Å². The highest BCUT2D eigenvalue weighted by Crippen LogP contribution is 2.44. The zero-order valence-electron chi connectivity index (χ0n) is 14.4. The van der Waals surface area contributed by atoms with Crippen molar-refractivity contribution in [1.29, 1.82) is 0 Å². The minimum Gasteiger partial charge on any atom is -0.384 e. The van der Waals surface area contributed by atoms with Gasteiger partial charge in [-0.25, -0.2) is 4.39 Å². The fourth-order valence-corrected chi connectivity index (χ4v) is 4.04. The van der Waals surface area contributed by atoms with E-state index in [1.807, 2.05) is 6.07 Å². The molecule has 2 aliphatic rings. The van der Waals surface area contributed by atoms with Crippen LogP contribution >= 0.6 is 0 Å². The quantitative estimate of drug-likeness (QED) is 0.840. The van der Waals surface area contributed by atoms with Crippen LogP contribution in [0.5, 0.6) is 0 Å². The van der Waals surface area contributed by atoms with Crippen LogP contribution in [0.1, 0.15) is 37.7 Å². The average Bonchev–Trinajstić information content (AvgIpc) is 2.53. The Morgan fingerprint density at radius 1 is 1.29 bits per heavy atom. The second-order valence-electron chi connectivity index (χ2n) is 7.31. The number of carbonyl (C=O) groups is 1. The van der Waals surface area contributed by atoms with Gasteiger partial charge in [-0.2, -0.15) is 0 Å². The number of hydrogen-bond donors (Lipinski definition) is 2. The molecule has 1 aromatic rings. The van der Waals surface area contributed by atoms with Crippen molar-refractivity contribution in [3.63, 3.8) is 0 Å². The predicted octanol–water partition coefficient (Wildman–Crippen LogP) is 2.38. The summed E-state index contributed by atoms with van der Waals surface area (Å²) in [5, 5.41) is 6.53. The van der Waals surface area contributed by atoms with Gasteiger partial charge >= 0.3 is 0 Å². The summed E-state index contributed by atoms with van der Waals surface area (Å²) in [7, 11) is 1.71. The number of ether oxygens (including phenoxy) is 1. The van der Waals surface area contributed by atoms with Crippen LogP contribution in [0.3, 0.4) is 0 Å². The van der Waals surface area contributed by atoms with E-state index in [0.29, 0.717) is 13.2 Å². The molecule has 132 valence electrons. The smallest absolute Gasteiger partial charge is 0.230 e. The summed E-state index contributed by atoms with van der Waals surface area (Å²) in [6.45, 7) is 3.18. The van der Waals surface area contributed by atoms with Gasteiger partial charge in [0.2, 0.25) is 5.91 Å². The van der Waals surface area contributed by atoms with E-state index < -0.39 is 5.41 Å². The Morgan fingerprint density at radius 2 is 2.04 bits per heavy atom. The summed E-state index contributed by atoms with van der Waals surface area (Å²) < 4.78 is 19.0. The van der Waals surface area contributed by atoms with Gasteiger partial charge in [0, 0.05) is 19.1 Å². The highest BCUT2D eigenvalue weighted by Gasteiger charge is 2.46. The molecule has 2 fully saturated rings. The van der Waals surface area contributed by atoms with Crippen molar-refractivity contribution >= 4 is 5.91 Å². The van der Waals surface area contributed by atoms with Crippen molar-refractivity contribution in [3.05, 3.63) is 35.6 Å². The van der Waals surface area contributed by atoms with Gasteiger partial charge in [0.25, 0.3) is 0 Å². The lowest BCUT2D eigenvalue weighted by molar-refractivity contribution is -0.130. The fourth-order valence-electron chi connectivity index (χ4n) is 4.04. The van der Waals surface area contributed by atoms with Crippen molar-refractivity contribution < 1.29 is 13.9 Å². The van der Waals surface area contributed by atoms with Crippen LogP contribution in [-0.4, -0.2) is 39.3 Å². The molecule has 1 amide bonds. The van der Waals surface area contributed by atoms with E-state index >= 15 is 0 Å². The second-order valence-corrected chi connectivity index (χ2v) is 7.31. The molecule has 1 saturated heterocycles. The van der Waals surface area contributed by atoms with Crippen LogP contribution in [-0.2, 0) is 14.9 Å². The van der Waals surface area contributed by atoms with Crippen LogP contribution < -0.4 is 10.6 Å². The van der Waals surface area contributed by atoms with E-state index in [4.69, 9.17) is 4.74 Å². The minimum absolute atomic E-state index is 0.00251. The van der Waals surface area contributed by atoms with Crippen molar-refractivity contribution in [1.82, 2.24) is 10.6 Å². The third kappa shape index (κ3) is 3.33. The Bertz CT molecular complexity index is 575. The molecule has 0 atom stereocenters. The van der Waals surface area contributed by atoms with Gasteiger partial charge in [-0.05, 0) is 56.5 Å². The maximum absolute atomic E-state index is 13.6. The Hall–Kier alpha value is -1.46. The molecular formula is C19H27FN2O2. The summed E-state index contributed by atoms with van der Waals surface area (Å²) in [5.41, 5.74) is 0.253. The Kier molecular flexibility index (Phi) is 5.21. The first kappa shape index (κ1) is 17.4. The molecule has 1 heterocycles. The summed E-state index contributed by atoms with van der Waals surface area (Å²) in [5.74, 6) is -0.242. The van der Waals surface area contributed by atoms with E-state index in [-0.39, 0.29) is 17.1 Å². The van der Waals surface area contributed by atoms with Gasteiger partial charge in [0.05, 0.1) is 12.0 Å². The molecule has 1 aromatic carbocycles. The molecule has 2 N–H and O–H groups in total. The summed E-state index contributed by atoms with van der Waals surface area (Å²) >= 11 is 0. The molecule has 24 heavy (non-hydrogen) atoms. The largest absolute Gasteiger partial charge is 0.384 e. The number of methoxy groups -OCH3 is 1. The number of nitrogens with one attached hydrogen (secondary N) is 2. The number of piperidine rings is 1. The summed E-state index contributed by atoms with van der Waals surface area (Å²) in [6, 6.07) is 6.50. The van der Waals surface area contributed by atoms with Crippen molar-refractivity contribution in [2.75, 3.05) is 33.4 Å². The van der Waals surface area contributed by atoms with Crippen LogP contribution in [0.2, 0.25) is 0 Å². The maximum atomic E-state index is 13.6. The molecule has 0 unspecified atom stereocenters. The van der Waals surface area contributed by atoms with E-state index in [0.717, 1.165) is 50.8 Å². The molecule has 1 saturated carbocycles. The highest BCUT2D eigenvalue weighted by atomic mass is 19.1. The van der Waals surface area contributed by atoms with Gasteiger partial charge in [-0.3, -0.25) is 4.79 Å². The lowest BCUT2D eigenvalue weighted by Crippen LogP contribution is -2.53. The SMILES string of the molecule is COCC1(CNC(=O)C2(c3cccc(F)c3)CCC2)CCNCC1. The Balaban J connectivity index is 1.70. The number of halogens is 1. The first-order chi connectivity index (χ1) is 11.6. The topological polar surface area (TPSA) is 50.4 Å². The third-order valence-corrected chi connectivity index (χ3v) is 5.76. The van der Waals surface area contributed by atoms with Crippen LogP contribution in [0.25, 0.3) is 0 Å². The van der Waals surface area contributed by atoms with Crippen LogP contribution in [0.4, 0.5) is 4.39 Å². The second kappa shape index (κ2) is 7.19. The molecule has 0 bridgehead atoms. The zero-order valence-corrected chi connectivity index (χ0v) is 14.4. The van der Waals surface area contributed by atoms with Crippen molar-refractivity contribution in [2.45, 2.75) is 37.5 Å². The van der Waals surface area contributed by atoms with Gasteiger partial charge < -0.3 is 15.4 Å². The minimum atomic E-state index is -0.552. The Labute approximate surface area is 143 Å². The van der Waals surface area contributed by atoms with E-state index in [1.165, 1.54) is 12.1 Å². The fraction of sp³-hybridized carbons (Fsp3) is 0.632. The molecule has 5 heteroatoms. The standard InChI is InChI=1S/C19H27FN2O2/c1-24-14-18(8-10-21-11-9-18)13-22-17(23)19(6-3-7-19)15-4-2-5-16(20)12-15/h2,4-5,12,21H,3,6-11,13-14H2,1H3,(H,22,23). The first-order valence-corrected chi connectivity index (χ1v) is 8.84. The summed E-state index contributed by atoms with van der Waals surface area (Å²) in [4.78, 5) is 13.0. The lowest BCUT2D eigenvalue weighted by atomic mass is 9.63. The summed E-state index contributed by atoms with van der Waals surface area (Å²) in [6.07, 6.45) is 4.58. The maximum Gasteiger partial charge on any atom is 0.230 e. The number of carbonyl (C=O) groups excluding carboxylic acids is 1. The number of amides is 1. The highest BCUT2D eigenvalue weighted by molar-refractivity contribution is 5.89. The Morgan fingerprint density at radius 3 is 2.62 bits per heavy atom. The normalized spacial score (nSPS) is 21.8. The zero-order chi connectivity index (χ0) is 17.0. The van der Waals surface area contributed by atoms with Gasteiger partial charge in [-0.15, -0.1) is 0 Å². The van der Waals surface area contributed by atoms with E-state index in [9.17, 15) is 9.18 Å². The van der Waals surface area contributed by atoms with Gasteiger partial charge in [0.15, 0.2) is 0 Å². The van der Waals surface area contributed by atoms with E-state index in [2.05, 4.69) is 10.6 Å². The molecule has 1 aliphatic heterocycles. The number of rotatable bonds is 6. The van der Waals surface area contributed by atoms with Crippen LogP contribution in [0.15, 0.2) is 24.3 Å². The number of benzene rings is 1. The molecule has 1 aliphatic carbocycles. The lowest BCUT2D eigenvalue weighted by Gasteiger charge is -2.43. The molecule has 0 aromatic heterocycles. The third-order valence-electron chi connectivity index (χ3n) is 5.76. The van der Waals surface area contributed by atoms with Crippen molar-refractivity contribution in [3.8, 4) is 0 Å². The molecule has 3 rings (SSSR count). The van der Waals surface area contributed by atoms with E-state index in [1.54, 1.807) is 13.2 Å². The number of hydrogen-bond acceptors (Lipinski definition) is 3. The van der Waals surface area contributed by atoms with Gasteiger partial charge in [0.1, 0.15) is 5.82 Å². The van der Waals surface area contributed by atoms with Gasteiger partial charge in [-0.1, -0.05) is 18.6 Å². The molecule has 4 nitrogen and oxygen atoms in total. The van der Waals surface area contributed by atoms with Crippen molar-refractivity contribution in [2.24, 2.45) is 5.41 Å². The first-order valence-electron chi connectivity index (χ1n) is 8.84.